The zero-order valence-corrected chi connectivity index (χ0v) is 27.0. The first-order chi connectivity index (χ1) is 20.2. The van der Waals surface area contributed by atoms with Crippen molar-refractivity contribution in [3.8, 4) is 0 Å². The molecule has 1 heterocycles. The number of carbonyl (C=O) groups excluding carboxylic acids is 1. The molecule has 0 bridgehead atoms. The summed E-state index contributed by atoms with van der Waals surface area (Å²) in [6, 6.07) is 26.5. The summed E-state index contributed by atoms with van der Waals surface area (Å²) in [6.45, 7) is 14.2. The Bertz CT molecular complexity index is 1390. The highest BCUT2D eigenvalue weighted by Crippen LogP contribution is 2.39. The summed E-state index contributed by atoms with van der Waals surface area (Å²) in [5.74, 6) is 0. The van der Waals surface area contributed by atoms with Crippen molar-refractivity contribution in [1.29, 1.82) is 0 Å². The maximum Gasteiger partial charge on any atom is 0.410 e. The highest BCUT2D eigenvalue weighted by atomic mass is 28.4. The Balaban J connectivity index is 1.80. The molecule has 0 aromatic heterocycles. The van der Waals surface area contributed by atoms with E-state index in [2.05, 4.69) is 45.0 Å². The molecule has 8 nitrogen and oxygen atoms in total. The third-order valence-electron chi connectivity index (χ3n) is 7.53. The van der Waals surface area contributed by atoms with Crippen molar-refractivity contribution in [1.82, 2.24) is 4.90 Å². The fourth-order valence-corrected chi connectivity index (χ4v) is 10.1. The van der Waals surface area contributed by atoms with E-state index >= 15 is 0 Å². The molecule has 1 saturated heterocycles. The van der Waals surface area contributed by atoms with Crippen molar-refractivity contribution in [3.05, 3.63) is 107 Å². The van der Waals surface area contributed by atoms with Crippen LogP contribution in [0.15, 0.2) is 91.0 Å². The first-order valence-corrected chi connectivity index (χ1v) is 16.5. The summed E-state index contributed by atoms with van der Waals surface area (Å²) in [5, 5.41) is 13.5. The summed E-state index contributed by atoms with van der Waals surface area (Å²) in [5.41, 5.74) is -0.255. The van der Waals surface area contributed by atoms with Gasteiger partial charge in [-0.3, -0.25) is 15.0 Å². The number of carbonyl (C=O) groups is 1. The predicted molar refractivity (Wildman–Crippen MR) is 172 cm³/mol. The zero-order chi connectivity index (χ0) is 31.4. The lowest BCUT2D eigenvalue weighted by molar-refractivity contribution is -0.385. The summed E-state index contributed by atoms with van der Waals surface area (Å²) < 4.78 is 19.7. The predicted octanol–water partition coefficient (Wildman–Crippen LogP) is 6.54. The highest BCUT2D eigenvalue weighted by molar-refractivity contribution is 6.99. The summed E-state index contributed by atoms with van der Waals surface area (Å²) in [7, 11) is -3.05. The molecule has 1 aliphatic heterocycles. The van der Waals surface area contributed by atoms with Crippen molar-refractivity contribution in [3.63, 3.8) is 0 Å². The van der Waals surface area contributed by atoms with Gasteiger partial charge in [-0.1, -0.05) is 99.6 Å². The van der Waals surface area contributed by atoms with Gasteiger partial charge in [-0.25, -0.2) is 4.79 Å². The van der Waals surface area contributed by atoms with Gasteiger partial charge >= 0.3 is 6.09 Å². The average molecular weight is 603 g/mol. The number of ether oxygens (including phenoxy) is 2. The van der Waals surface area contributed by atoms with E-state index in [-0.39, 0.29) is 17.3 Å². The minimum atomic E-state index is -3.05. The van der Waals surface area contributed by atoms with Crippen molar-refractivity contribution < 1.29 is 23.6 Å². The fraction of sp³-hybridized carbons (Fsp3) is 0.382. The number of nitro benzene ring substituents is 1. The van der Waals surface area contributed by atoms with Crippen LogP contribution in [0.25, 0.3) is 6.08 Å². The highest BCUT2D eigenvalue weighted by Gasteiger charge is 2.54. The van der Waals surface area contributed by atoms with Crippen molar-refractivity contribution in [2.75, 3.05) is 6.54 Å². The van der Waals surface area contributed by atoms with Gasteiger partial charge in [0.25, 0.3) is 14.0 Å². The SMILES string of the molecule is C[C@@H]1[C@H](O[Si](c2ccccc2)(c2ccccc2)C(C)(C)C)O[C@H](/C=C/c2ccccc2[N+](=O)[O-])CN1C(=O)OC(C)(C)C. The van der Waals surface area contributed by atoms with Crippen LogP contribution in [0.2, 0.25) is 5.04 Å². The maximum atomic E-state index is 13.5. The van der Waals surface area contributed by atoms with Gasteiger partial charge < -0.3 is 13.9 Å². The number of morpholine rings is 1. The molecule has 9 heteroatoms. The lowest BCUT2D eigenvalue weighted by Gasteiger charge is -2.49. The van der Waals surface area contributed by atoms with Crippen molar-refractivity contribution in [2.24, 2.45) is 0 Å². The minimum absolute atomic E-state index is 0.00737. The first-order valence-electron chi connectivity index (χ1n) is 14.6. The molecule has 3 atom stereocenters. The molecule has 0 radical (unpaired) electrons. The minimum Gasteiger partial charge on any atom is -0.444 e. The molecule has 43 heavy (non-hydrogen) atoms. The summed E-state index contributed by atoms with van der Waals surface area (Å²) in [6.07, 6.45) is 1.54. The second-order valence-electron chi connectivity index (χ2n) is 12.9. The molecule has 1 aliphatic rings. The van der Waals surface area contributed by atoms with Crippen LogP contribution >= 0.6 is 0 Å². The molecule has 3 aromatic carbocycles. The topological polar surface area (TPSA) is 91.1 Å². The third kappa shape index (κ3) is 7.23. The quantitative estimate of drug-likeness (QED) is 0.173. The normalized spacial score (nSPS) is 19.8. The first kappa shape index (κ1) is 32.1. The van der Waals surface area contributed by atoms with Crippen LogP contribution in [0.3, 0.4) is 0 Å². The smallest absolute Gasteiger partial charge is 0.410 e. The van der Waals surface area contributed by atoms with E-state index in [1.165, 1.54) is 6.07 Å². The van der Waals surface area contributed by atoms with Crippen molar-refractivity contribution >= 4 is 36.5 Å². The lowest BCUT2D eigenvalue weighted by atomic mass is 10.1. The molecule has 1 amide bonds. The Hall–Kier alpha value is -3.79. The van der Waals surface area contributed by atoms with E-state index in [0.29, 0.717) is 5.56 Å². The Labute approximate surface area is 255 Å². The maximum absolute atomic E-state index is 13.5. The number of para-hydroxylation sites is 1. The van der Waals surface area contributed by atoms with Gasteiger partial charge in [0.15, 0.2) is 6.29 Å². The largest absolute Gasteiger partial charge is 0.444 e. The van der Waals surface area contributed by atoms with E-state index < -0.39 is 43.4 Å². The number of hydrogen-bond donors (Lipinski definition) is 0. The van der Waals surface area contributed by atoms with Gasteiger partial charge in [0.05, 0.1) is 29.2 Å². The molecule has 0 unspecified atom stereocenters. The number of nitrogens with zero attached hydrogens (tertiary/aromatic N) is 2. The van der Waals surface area contributed by atoms with Crippen molar-refractivity contribution in [2.45, 2.75) is 77.5 Å². The zero-order valence-electron chi connectivity index (χ0n) is 26.0. The molecule has 3 aromatic rings. The third-order valence-corrected chi connectivity index (χ3v) is 12.5. The standard InChI is InChI=1S/C34H42N2O6Si/c1-25-31(42-43(34(5,6)7,28-17-10-8-11-18-28)29-19-12-9-13-20-29)40-27(24-35(25)32(37)41-33(2,3)4)23-22-26-16-14-15-21-30(26)36(38)39/h8-23,25,27,31H,24H2,1-7H3/b23-22+/t25-,27-,31+/m1/s1. The Morgan fingerprint density at radius 1 is 0.930 bits per heavy atom. The monoisotopic (exact) mass is 602 g/mol. The number of amides is 1. The molecule has 4 rings (SSSR count). The van der Waals surface area contributed by atoms with Crippen LogP contribution in [0, 0.1) is 10.1 Å². The molecular formula is C34H42N2O6Si. The summed E-state index contributed by atoms with van der Waals surface area (Å²) >= 11 is 0. The van der Waals surface area contributed by atoms with E-state index in [9.17, 15) is 14.9 Å². The molecule has 228 valence electrons. The van der Waals surface area contributed by atoms with Crippen LogP contribution in [-0.4, -0.2) is 54.8 Å². The second-order valence-corrected chi connectivity index (χ2v) is 17.1. The van der Waals surface area contributed by atoms with Gasteiger partial charge in [0.2, 0.25) is 0 Å². The Kier molecular flexibility index (Phi) is 9.59. The number of benzene rings is 3. The van der Waals surface area contributed by atoms with Gasteiger partial charge in [-0.15, -0.1) is 0 Å². The van der Waals surface area contributed by atoms with Crippen LogP contribution in [0.5, 0.6) is 0 Å². The molecule has 0 N–H and O–H groups in total. The Morgan fingerprint density at radius 2 is 1.47 bits per heavy atom. The van der Waals surface area contributed by atoms with Crippen LogP contribution in [0.1, 0.15) is 54.0 Å². The second kappa shape index (κ2) is 12.8. The summed E-state index contributed by atoms with van der Waals surface area (Å²) in [4.78, 5) is 26.4. The van der Waals surface area contributed by atoms with Crippen LogP contribution < -0.4 is 10.4 Å². The molecule has 1 fully saturated rings. The lowest BCUT2D eigenvalue weighted by Crippen LogP contribution is -2.70. The molecular weight excluding hydrogens is 560 g/mol. The fourth-order valence-electron chi connectivity index (χ4n) is 5.50. The number of rotatable bonds is 7. The van der Waals surface area contributed by atoms with E-state index in [4.69, 9.17) is 13.9 Å². The van der Waals surface area contributed by atoms with Crippen LogP contribution in [-0.2, 0) is 13.9 Å². The van der Waals surface area contributed by atoms with E-state index in [1.807, 2.05) is 64.1 Å². The van der Waals surface area contributed by atoms with Crippen LogP contribution in [0.4, 0.5) is 10.5 Å². The number of nitro groups is 1. The average Bonchev–Trinajstić information content (AvgIpc) is 2.95. The molecule has 0 spiro atoms. The van der Waals surface area contributed by atoms with Gasteiger partial charge in [-0.2, -0.15) is 0 Å². The number of hydrogen-bond acceptors (Lipinski definition) is 6. The van der Waals surface area contributed by atoms with E-state index in [0.717, 1.165) is 10.4 Å². The van der Waals surface area contributed by atoms with E-state index in [1.54, 1.807) is 35.3 Å². The van der Waals surface area contributed by atoms with Gasteiger partial charge in [-0.05, 0) is 55.2 Å². The van der Waals surface area contributed by atoms with Gasteiger partial charge in [0.1, 0.15) is 5.60 Å². The molecule has 0 saturated carbocycles. The molecule has 0 aliphatic carbocycles. The Morgan fingerprint density at radius 3 is 1.98 bits per heavy atom. The van der Waals surface area contributed by atoms with Gasteiger partial charge in [0, 0.05) is 6.07 Å².